The molecule has 3 aromatic heterocycles. The summed E-state index contributed by atoms with van der Waals surface area (Å²) >= 11 is 0. The molecule has 15 rings (SSSR count). The molecule has 17 nitrogen and oxygen atoms in total. The van der Waals surface area contributed by atoms with Crippen LogP contribution >= 0.6 is 0 Å². The van der Waals surface area contributed by atoms with E-state index in [0.29, 0.717) is 104 Å². The van der Waals surface area contributed by atoms with Crippen LogP contribution in [0.25, 0.3) is 51.6 Å². The van der Waals surface area contributed by atoms with Crippen molar-refractivity contribution in [1.29, 1.82) is 0 Å². The zero-order valence-electron chi connectivity index (χ0n) is 61.5. The molecule has 0 bridgehead atoms. The van der Waals surface area contributed by atoms with Crippen LogP contribution in [0, 0.1) is 100 Å². The molecule has 0 unspecified atom stereocenters. The molecule has 18 atom stereocenters. The number of halogens is 3. The van der Waals surface area contributed by atoms with Crippen LogP contribution < -0.4 is 16.0 Å². The number of aromatic nitrogens is 3. The van der Waals surface area contributed by atoms with Crippen LogP contribution in [0.1, 0.15) is 134 Å². The van der Waals surface area contributed by atoms with Gasteiger partial charge in [0.15, 0.2) is 9.84 Å². The van der Waals surface area contributed by atoms with E-state index in [-0.39, 0.29) is 101 Å². The van der Waals surface area contributed by atoms with Crippen LogP contribution in [0.4, 0.5) is 27.6 Å². The van der Waals surface area contributed by atoms with Crippen molar-refractivity contribution >= 4 is 58.0 Å². The number of sulfone groups is 1. The fourth-order valence-corrected chi connectivity index (χ4v) is 22.4. The number of pyridine rings is 3. The second-order valence-corrected chi connectivity index (χ2v) is 33.3. The summed E-state index contributed by atoms with van der Waals surface area (Å²) in [7, 11) is -1.11. The van der Waals surface area contributed by atoms with E-state index in [1.165, 1.54) is 36.4 Å². The zero-order valence-corrected chi connectivity index (χ0v) is 62.4. The third kappa shape index (κ3) is 18.8. The summed E-state index contributed by atoms with van der Waals surface area (Å²) in [6.45, 7) is 6.50. The van der Waals surface area contributed by atoms with E-state index < -0.39 is 9.84 Å². The van der Waals surface area contributed by atoms with Gasteiger partial charge in [0, 0.05) is 85.8 Å². The number of hydrogen-bond acceptors (Lipinski definition) is 13. The number of carbonyl (C=O) groups is 5. The lowest BCUT2D eigenvalue weighted by Gasteiger charge is -2.49. The number of nitrogens with one attached hydrogen (secondary N) is 3. The quantitative estimate of drug-likeness (QED) is 0.0815. The lowest BCUT2D eigenvalue weighted by Crippen LogP contribution is -2.50. The average Bonchev–Trinajstić information content (AvgIpc) is 1.69. The summed E-state index contributed by atoms with van der Waals surface area (Å²) in [5.74, 6) is 5.27. The maximum Gasteiger partial charge on any atom is 0.407 e. The molecule has 7 aliphatic carbocycles. The van der Waals surface area contributed by atoms with Gasteiger partial charge in [-0.3, -0.25) is 24.5 Å². The minimum atomic E-state index is -3.04. The van der Waals surface area contributed by atoms with Gasteiger partial charge in [-0.2, -0.15) is 0 Å². The number of fused-ring (bicyclic) bond motifs is 6. The predicted molar refractivity (Wildman–Crippen MR) is 406 cm³/mol. The predicted octanol–water partition coefficient (Wildman–Crippen LogP) is 16.5. The van der Waals surface area contributed by atoms with E-state index in [4.69, 9.17) is 14.2 Å². The van der Waals surface area contributed by atoms with Crippen molar-refractivity contribution in [2.24, 2.45) is 82.9 Å². The minimum absolute atomic E-state index is 0.0709. The summed E-state index contributed by atoms with van der Waals surface area (Å²) in [4.78, 5) is 76.6. The molecule has 0 radical (unpaired) electrons. The molecule has 2 saturated heterocycles. The minimum Gasteiger partial charge on any atom is -0.450 e. The van der Waals surface area contributed by atoms with Crippen molar-refractivity contribution in [3.05, 3.63) is 181 Å². The summed E-state index contributed by atoms with van der Waals surface area (Å²) in [6, 6.07) is 31.8. The average molecular weight is 1480 g/mol. The van der Waals surface area contributed by atoms with Gasteiger partial charge in [-0.1, -0.05) is 72.8 Å². The van der Waals surface area contributed by atoms with Gasteiger partial charge < -0.3 is 35.1 Å². The van der Waals surface area contributed by atoms with Crippen molar-refractivity contribution in [2.45, 2.75) is 141 Å². The van der Waals surface area contributed by atoms with Crippen molar-refractivity contribution < 1.29 is 59.8 Å². The number of hydrogen-bond donors (Lipinski definition) is 3. The molecule has 2 aliphatic heterocycles. The number of benzene rings is 3. The summed E-state index contributed by atoms with van der Waals surface area (Å²) in [5.41, 5.74) is 7.51. The fourth-order valence-electron chi connectivity index (χ4n) is 20.1. The topological polar surface area (TPSA) is 225 Å². The smallest absolute Gasteiger partial charge is 0.407 e. The normalized spacial score (nSPS) is 30.2. The monoisotopic (exact) mass is 1480 g/mol. The molecule has 107 heavy (non-hydrogen) atoms. The molecule has 6 aromatic rings. The first-order valence-corrected chi connectivity index (χ1v) is 40.5. The Hall–Kier alpha value is -8.98. The van der Waals surface area contributed by atoms with E-state index >= 15 is 0 Å². The molecule has 3 N–H and O–H groups in total. The molecule has 3 aromatic carbocycles. The van der Waals surface area contributed by atoms with Crippen molar-refractivity contribution in [3.63, 3.8) is 0 Å². The van der Waals surface area contributed by atoms with Gasteiger partial charge in [0.25, 0.3) is 0 Å². The Morgan fingerprint density at radius 1 is 0.449 bits per heavy atom. The lowest BCUT2D eigenvalue weighted by molar-refractivity contribution is -0.127. The molecule has 5 heterocycles. The highest BCUT2D eigenvalue weighted by Gasteiger charge is 2.54. The van der Waals surface area contributed by atoms with Gasteiger partial charge in [-0.25, -0.2) is 36.0 Å². The first kappa shape index (κ1) is 76.2. The summed E-state index contributed by atoms with van der Waals surface area (Å²) in [6.07, 6.45) is 30.6. The molecule has 7 saturated carbocycles. The Labute approximate surface area is 626 Å². The van der Waals surface area contributed by atoms with Gasteiger partial charge in [-0.15, -0.1) is 0 Å². The Morgan fingerprint density at radius 2 is 0.841 bits per heavy atom. The third-order valence-corrected chi connectivity index (χ3v) is 26.6. The third-order valence-electron chi connectivity index (χ3n) is 24.8. The highest BCUT2D eigenvalue weighted by Crippen LogP contribution is 2.56. The Bertz CT molecular complexity index is 4330. The first-order valence-electron chi connectivity index (χ1n) is 38.7. The van der Waals surface area contributed by atoms with E-state index in [1.54, 1.807) is 43.7 Å². The van der Waals surface area contributed by atoms with Crippen LogP contribution in [0.5, 0.6) is 0 Å². The van der Waals surface area contributed by atoms with Crippen LogP contribution in [0.15, 0.2) is 146 Å². The molecule has 9 fully saturated rings. The first-order chi connectivity index (χ1) is 51.7. The molecule has 21 heteroatoms. The number of nitrogens with zero attached hydrogens (tertiary/aromatic N) is 4. The molecule has 566 valence electrons. The lowest BCUT2D eigenvalue weighted by atomic mass is 9.58. The van der Waals surface area contributed by atoms with Crippen LogP contribution in [0.2, 0.25) is 0 Å². The second-order valence-electron chi connectivity index (χ2n) is 31.2. The largest absolute Gasteiger partial charge is 0.450 e. The van der Waals surface area contributed by atoms with E-state index in [0.717, 1.165) is 128 Å². The van der Waals surface area contributed by atoms with Gasteiger partial charge in [0.05, 0.1) is 48.4 Å². The Kier molecular flexibility index (Phi) is 24.6. The maximum absolute atomic E-state index is 13.6. The van der Waals surface area contributed by atoms with E-state index in [2.05, 4.69) is 61.3 Å². The van der Waals surface area contributed by atoms with Crippen LogP contribution in [0.3, 0.4) is 0 Å². The molecular weight excluding hydrogens is 1380 g/mol. The number of carbonyl (C=O) groups excluding carboxylic acids is 5. The highest BCUT2D eigenvalue weighted by molar-refractivity contribution is 7.91. The van der Waals surface area contributed by atoms with Crippen molar-refractivity contribution in [3.8, 4) is 33.4 Å². The second kappa shape index (κ2) is 34.5. The van der Waals surface area contributed by atoms with Gasteiger partial charge >= 0.3 is 18.3 Å². The Morgan fingerprint density at radius 3 is 1.23 bits per heavy atom. The maximum atomic E-state index is 13.6. The zero-order chi connectivity index (χ0) is 74.9. The van der Waals surface area contributed by atoms with E-state index in [9.17, 15) is 45.6 Å². The number of Topliss-reactive ketones (excluding diaryl/α,β-unsaturated/α-hetero) is 1. The van der Waals surface area contributed by atoms with Crippen LogP contribution in [-0.4, -0.2) is 121 Å². The standard InChI is InChI=1S/C29H34FN3O3.C29H33FN2O3.C28H33FN2O4S/c1-3-36-29(35)32-23-10-11-24-20(14-23)15-27-26(16-28(34)33(27)2)25(24)12-9-22-8-7-19(17-31-22)18-5-4-6-21(30)13-18;1-2-35-29(34)32-24-9-10-26-20(14-24)12-21-15-25(33)16-28(21)27(26)11-8-23-7-6-19(17-31-23)18-4-3-5-22(30)13-18;1-2-35-28(32)31-24-9-10-25-20(14-24)12-21-16-36(33,34)17-27(21)26(25)11-8-23-7-6-19(15-30-23)18-4-3-5-22(29)13-18/h4-9,12-13,17,20,23-27H,3,10-11,14-16H2,1-2H3,(H,32,35);3-8,11,13,17,20-21,24,26-28H,2,9-10,12,14-16H2,1H3,(H,32,34);3-8,11,13,15,20-21,24-27H,2,9-10,12,14,16-17H2,1H3,(H,31,32)/b12-9+;2*11-8+/t20-,23+,24+,25-,26+,27-;20-,21-,24-,26-,27+,28+;20-,21-,24-,25-,26+,27+/m011/s1. The van der Waals surface area contributed by atoms with Crippen LogP contribution in [-0.2, 0) is 33.6 Å². The fraction of sp³-hybridized carbons (Fsp3) is 0.488. The number of ketones is 1. The molecular formula is C86H100F3N7O10S. The highest BCUT2D eigenvalue weighted by atomic mass is 32.2. The number of allylic oxidation sites excluding steroid dienone is 3. The number of likely N-dealkylation sites (tertiary alicyclic amines) is 1. The van der Waals surface area contributed by atoms with E-state index in [1.807, 2.05) is 86.5 Å². The summed E-state index contributed by atoms with van der Waals surface area (Å²) in [5, 5.41) is 9.06. The molecule has 4 amide bonds. The molecule has 0 spiro atoms. The van der Waals surface area contributed by atoms with Gasteiger partial charge in [0.1, 0.15) is 23.2 Å². The van der Waals surface area contributed by atoms with Gasteiger partial charge in [-0.05, 0) is 270 Å². The van der Waals surface area contributed by atoms with Gasteiger partial charge in [0.2, 0.25) is 5.91 Å². The number of ether oxygens (including phenoxy) is 3. The SMILES string of the molecule is CCOC(=O)N[C@@H]1CC[C@@H]2[C@@H](C1)C[C@@H]1CC(=O)C[C@@H]1[C@H]2/C=C/c1ccc(-c2cccc(F)c2)cn1.CCOC(=O)N[C@@H]1CC[C@@H]2[C@@H](C1)C[C@@H]1CS(=O)(=O)C[C@@H]1[C@H]2/C=C/c1ccc(-c2cccc(F)c2)cn1.CCOC(=O)N[C@@H]1CC[C@@H]2[C@@H](C1)C[C@H]1[C@H](CC(=O)N1C)[C@H]2/C=C/c1ccc(-c2cccc(F)c2)cn1. The Balaban J connectivity index is 0.000000142. The van der Waals surface area contributed by atoms with Crippen molar-refractivity contribution in [2.75, 3.05) is 38.4 Å². The summed E-state index contributed by atoms with van der Waals surface area (Å²) < 4.78 is 81.1. The number of amides is 4. The number of rotatable bonds is 15. The number of alkyl carbamates (subject to hydrolysis) is 3. The van der Waals surface area contributed by atoms with Crippen molar-refractivity contribution in [1.82, 2.24) is 35.8 Å². The molecule has 9 aliphatic rings.